The topological polar surface area (TPSA) is 49.9 Å². The Hall–Kier alpha value is -2.24. The molecule has 0 radical (unpaired) electrons. The van der Waals surface area contributed by atoms with Crippen LogP contribution in [0.4, 0.5) is 5.69 Å². The molecule has 0 bridgehead atoms. The minimum atomic E-state index is -0.257. The second-order valence-electron chi connectivity index (χ2n) is 5.63. The van der Waals surface area contributed by atoms with Crippen LogP contribution in [0.3, 0.4) is 0 Å². The van der Waals surface area contributed by atoms with E-state index in [1.165, 1.54) is 4.90 Å². The van der Waals surface area contributed by atoms with Crippen LogP contribution in [0, 0.1) is 0 Å². The highest BCUT2D eigenvalue weighted by Crippen LogP contribution is 2.23. The van der Waals surface area contributed by atoms with Gasteiger partial charge in [0.05, 0.1) is 7.11 Å². The Labute approximate surface area is 155 Å². The molecule has 0 saturated carbocycles. The normalized spacial score (nSPS) is 14.6. The first kappa shape index (κ1) is 17.6. The Morgan fingerprint density at radius 2 is 1.68 bits per heavy atom. The Kier molecular flexibility index (Phi) is 5.16. The second kappa shape index (κ2) is 7.33. The number of ether oxygens (including phenoxy) is 1. The molecule has 2 aromatic rings. The molecule has 0 atom stereocenters. The Morgan fingerprint density at radius 3 is 2.24 bits per heavy atom. The number of carbonyl (C=O) groups is 2. The lowest BCUT2D eigenvalue weighted by Gasteiger charge is -2.34. The van der Waals surface area contributed by atoms with E-state index >= 15 is 0 Å². The van der Waals surface area contributed by atoms with Gasteiger partial charge in [0.2, 0.25) is 5.91 Å². The highest BCUT2D eigenvalue weighted by molar-refractivity contribution is 6.35. The van der Waals surface area contributed by atoms with Crippen LogP contribution in [0.5, 0.6) is 5.75 Å². The van der Waals surface area contributed by atoms with Gasteiger partial charge in [0.1, 0.15) is 12.3 Å². The highest BCUT2D eigenvalue weighted by atomic mass is 35.5. The van der Waals surface area contributed by atoms with Crippen molar-refractivity contribution in [3.05, 3.63) is 58.1 Å². The van der Waals surface area contributed by atoms with Crippen molar-refractivity contribution in [1.82, 2.24) is 4.90 Å². The van der Waals surface area contributed by atoms with E-state index in [4.69, 9.17) is 27.9 Å². The molecule has 0 unspecified atom stereocenters. The third-order valence-corrected chi connectivity index (χ3v) is 4.44. The lowest BCUT2D eigenvalue weighted by molar-refractivity contribution is -0.120. The fraction of sp³-hybridized carbons (Fsp3) is 0.222. The van der Waals surface area contributed by atoms with Crippen molar-refractivity contribution in [3.8, 4) is 5.75 Å². The number of halogens is 2. The number of anilines is 1. The van der Waals surface area contributed by atoms with Gasteiger partial charge < -0.3 is 14.5 Å². The van der Waals surface area contributed by atoms with Gasteiger partial charge in [-0.15, -0.1) is 0 Å². The molecule has 7 heteroatoms. The first-order chi connectivity index (χ1) is 12.0. The number of hydrogen-bond acceptors (Lipinski definition) is 3. The van der Waals surface area contributed by atoms with E-state index < -0.39 is 0 Å². The second-order valence-corrected chi connectivity index (χ2v) is 6.50. The molecule has 1 aliphatic heterocycles. The van der Waals surface area contributed by atoms with E-state index in [1.807, 2.05) is 12.1 Å². The zero-order chi connectivity index (χ0) is 18.0. The summed E-state index contributed by atoms with van der Waals surface area (Å²) >= 11 is 11.9. The molecule has 1 fully saturated rings. The molecule has 0 aromatic heterocycles. The zero-order valence-corrected chi connectivity index (χ0v) is 15.0. The van der Waals surface area contributed by atoms with E-state index in [-0.39, 0.29) is 18.4 Å². The van der Waals surface area contributed by atoms with Crippen LogP contribution in [0.15, 0.2) is 42.5 Å². The number of amides is 2. The van der Waals surface area contributed by atoms with Crippen molar-refractivity contribution in [1.29, 1.82) is 0 Å². The number of hydrogen-bond donors (Lipinski definition) is 0. The maximum Gasteiger partial charge on any atom is 0.254 e. The van der Waals surface area contributed by atoms with Crippen LogP contribution >= 0.6 is 23.2 Å². The lowest BCUT2D eigenvalue weighted by Crippen LogP contribution is -2.52. The van der Waals surface area contributed by atoms with Gasteiger partial charge in [0.15, 0.2) is 0 Å². The molecule has 0 spiro atoms. The van der Waals surface area contributed by atoms with E-state index in [9.17, 15) is 9.59 Å². The quantitative estimate of drug-likeness (QED) is 0.821. The fourth-order valence-electron chi connectivity index (χ4n) is 2.74. The molecule has 130 valence electrons. The molecule has 3 rings (SSSR count). The number of methoxy groups -OCH3 is 1. The first-order valence-corrected chi connectivity index (χ1v) is 8.43. The van der Waals surface area contributed by atoms with Gasteiger partial charge in [-0.25, -0.2) is 0 Å². The van der Waals surface area contributed by atoms with Crippen molar-refractivity contribution in [2.24, 2.45) is 0 Å². The summed E-state index contributed by atoms with van der Waals surface area (Å²) in [6, 6.07) is 11.9. The molecule has 2 aromatic carbocycles. The molecule has 0 aliphatic carbocycles. The average molecular weight is 379 g/mol. The van der Waals surface area contributed by atoms with Crippen LogP contribution in [0.1, 0.15) is 10.4 Å². The standard InChI is InChI=1S/C18H16Cl2N2O3/c1-25-16-4-2-15(3-5-16)22-7-6-21(11-17(22)23)18(24)12-8-13(19)10-14(20)9-12/h2-5,8-10H,6-7,11H2,1H3. The summed E-state index contributed by atoms with van der Waals surface area (Å²) < 4.78 is 5.12. The lowest BCUT2D eigenvalue weighted by atomic mass is 10.1. The van der Waals surface area contributed by atoms with E-state index in [0.29, 0.717) is 28.7 Å². The molecule has 1 saturated heterocycles. The predicted octanol–water partition coefficient (Wildman–Crippen LogP) is 3.49. The summed E-state index contributed by atoms with van der Waals surface area (Å²) in [4.78, 5) is 28.2. The van der Waals surface area contributed by atoms with Crippen LogP contribution in [-0.4, -0.2) is 43.5 Å². The molecule has 0 N–H and O–H groups in total. The van der Waals surface area contributed by atoms with Gasteiger partial charge in [-0.2, -0.15) is 0 Å². The van der Waals surface area contributed by atoms with Gasteiger partial charge in [0.25, 0.3) is 5.91 Å². The molecule has 1 aliphatic rings. The smallest absolute Gasteiger partial charge is 0.254 e. The molecule has 25 heavy (non-hydrogen) atoms. The number of carbonyl (C=O) groups excluding carboxylic acids is 2. The monoisotopic (exact) mass is 378 g/mol. The fourth-order valence-corrected chi connectivity index (χ4v) is 3.27. The van der Waals surface area contributed by atoms with Gasteiger partial charge in [-0.3, -0.25) is 9.59 Å². The van der Waals surface area contributed by atoms with Crippen molar-refractivity contribution >= 4 is 40.7 Å². The van der Waals surface area contributed by atoms with Crippen molar-refractivity contribution < 1.29 is 14.3 Å². The van der Waals surface area contributed by atoms with E-state index in [1.54, 1.807) is 42.3 Å². The van der Waals surface area contributed by atoms with Gasteiger partial charge >= 0.3 is 0 Å². The third kappa shape index (κ3) is 3.89. The Bertz CT molecular complexity index is 788. The van der Waals surface area contributed by atoms with Gasteiger partial charge in [0, 0.05) is 34.4 Å². The summed E-state index contributed by atoms with van der Waals surface area (Å²) in [5.74, 6) is 0.327. The maximum atomic E-state index is 12.6. The van der Waals surface area contributed by atoms with Crippen molar-refractivity contribution in [2.75, 3.05) is 31.6 Å². The highest BCUT2D eigenvalue weighted by Gasteiger charge is 2.28. The minimum absolute atomic E-state index is 0.00892. The molecule has 1 heterocycles. The number of rotatable bonds is 3. The summed E-state index contributed by atoms with van der Waals surface area (Å²) in [6.07, 6.45) is 0. The number of benzene rings is 2. The largest absolute Gasteiger partial charge is 0.497 e. The molecular formula is C18H16Cl2N2O3. The van der Waals surface area contributed by atoms with Crippen LogP contribution < -0.4 is 9.64 Å². The first-order valence-electron chi connectivity index (χ1n) is 7.68. The van der Waals surface area contributed by atoms with E-state index in [2.05, 4.69) is 0 Å². The minimum Gasteiger partial charge on any atom is -0.497 e. The van der Waals surface area contributed by atoms with Crippen LogP contribution in [-0.2, 0) is 4.79 Å². The summed E-state index contributed by atoms with van der Waals surface area (Å²) in [7, 11) is 1.59. The van der Waals surface area contributed by atoms with Crippen molar-refractivity contribution in [3.63, 3.8) is 0 Å². The van der Waals surface area contributed by atoms with Gasteiger partial charge in [-0.05, 0) is 42.5 Å². The van der Waals surface area contributed by atoms with Crippen molar-refractivity contribution in [2.45, 2.75) is 0 Å². The summed E-state index contributed by atoms with van der Waals surface area (Å²) in [5.41, 5.74) is 1.16. The molecule has 2 amide bonds. The number of piperazine rings is 1. The predicted molar refractivity (Wildman–Crippen MR) is 97.7 cm³/mol. The average Bonchev–Trinajstić information content (AvgIpc) is 2.60. The Morgan fingerprint density at radius 1 is 1.04 bits per heavy atom. The van der Waals surface area contributed by atoms with Crippen LogP contribution in [0.25, 0.3) is 0 Å². The maximum absolute atomic E-state index is 12.6. The SMILES string of the molecule is COc1ccc(N2CCN(C(=O)c3cc(Cl)cc(Cl)c3)CC2=O)cc1. The molecular weight excluding hydrogens is 363 g/mol. The number of nitrogens with zero attached hydrogens (tertiary/aromatic N) is 2. The van der Waals surface area contributed by atoms with Gasteiger partial charge in [-0.1, -0.05) is 23.2 Å². The third-order valence-electron chi connectivity index (χ3n) is 4.00. The van der Waals surface area contributed by atoms with E-state index in [0.717, 1.165) is 11.4 Å². The molecule has 5 nitrogen and oxygen atoms in total. The van der Waals surface area contributed by atoms with Crippen LogP contribution in [0.2, 0.25) is 10.0 Å². The summed E-state index contributed by atoms with van der Waals surface area (Å²) in [5, 5.41) is 0.776. The zero-order valence-electron chi connectivity index (χ0n) is 13.5. The Balaban J connectivity index is 1.72. The summed E-state index contributed by atoms with van der Waals surface area (Å²) in [6.45, 7) is 0.862.